The molecule has 3 rings (SSSR count). The minimum absolute atomic E-state index is 0.156. The Morgan fingerprint density at radius 2 is 1.70 bits per heavy atom. The van der Waals surface area contributed by atoms with Crippen LogP contribution in [0.25, 0.3) is 0 Å². The SMILES string of the molecule is C[C@@H](OC(=O)Cc1ccc2c(c1)CCCC2)C(=O)NCc1ccc(F)cc1. The molecule has 1 atom stereocenters. The molecule has 1 N–H and O–H groups in total. The van der Waals surface area contributed by atoms with E-state index in [9.17, 15) is 14.0 Å². The second-order valence-corrected chi connectivity index (χ2v) is 6.96. The first-order chi connectivity index (χ1) is 13.0. The summed E-state index contributed by atoms with van der Waals surface area (Å²) >= 11 is 0. The molecule has 2 aromatic rings. The third-order valence-electron chi connectivity index (χ3n) is 4.82. The molecule has 2 aromatic carbocycles. The molecule has 1 aliphatic rings. The Hall–Kier alpha value is -2.69. The van der Waals surface area contributed by atoms with Crippen molar-refractivity contribution >= 4 is 11.9 Å². The van der Waals surface area contributed by atoms with Gasteiger partial charge in [0.2, 0.25) is 0 Å². The van der Waals surface area contributed by atoms with E-state index in [2.05, 4.69) is 17.4 Å². The zero-order valence-electron chi connectivity index (χ0n) is 15.5. The fourth-order valence-corrected chi connectivity index (χ4v) is 3.29. The molecular weight excluding hydrogens is 345 g/mol. The Bertz CT molecular complexity index is 817. The molecule has 0 bridgehead atoms. The standard InChI is InChI=1S/C22H24FNO3/c1-15(22(26)24-14-16-7-10-20(23)11-8-16)27-21(25)13-17-6-9-18-4-2-3-5-19(18)12-17/h6-12,15H,2-5,13-14H2,1H3,(H,24,26)/t15-/m1/s1. The number of carbonyl (C=O) groups is 2. The maximum Gasteiger partial charge on any atom is 0.311 e. The average Bonchev–Trinajstić information content (AvgIpc) is 2.67. The van der Waals surface area contributed by atoms with Gasteiger partial charge in [-0.25, -0.2) is 4.39 Å². The fraction of sp³-hybridized carbons (Fsp3) is 0.364. The lowest BCUT2D eigenvalue weighted by Crippen LogP contribution is -2.35. The van der Waals surface area contributed by atoms with Gasteiger partial charge >= 0.3 is 5.97 Å². The van der Waals surface area contributed by atoms with Gasteiger partial charge in [0.25, 0.3) is 5.91 Å². The van der Waals surface area contributed by atoms with Crippen LogP contribution in [0.3, 0.4) is 0 Å². The summed E-state index contributed by atoms with van der Waals surface area (Å²) in [5.74, 6) is -1.12. The summed E-state index contributed by atoms with van der Waals surface area (Å²) in [4.78, 5) is 24.3. The van der Waals surface area contributed by atoms with Crippen LogP contribution in [0, 0.1) is 5.82 Å². The monoisotopic (exact) mass is 369 g/mol. The smallest absolute Gasteiger partial charge is 0.311 e. The third-order valence-corrected chi connectivity index (χ3v) is 4.82. The first-order valence-corrected chi connectivity index (χ1v) is 9.33. The van der Waals surface area contributed by atoms with Crippen LogP contribution in [0.1, 0.15) is 42.0 Å². The van der Waals surface area contributed by atoms with Crippen molar-refractivity contribution in [3.8, 4) is 0 Å². The van der Waals surface area contributed by atoms with Gasteiger partial charge in [-0.2, -0.15) is 0 Å². The molecule has 142 valence electrons. The molecule has 0 saturated heterocycles. The van der Waals surface area contributed by atoms with E-state index in [1.54, 1.807) is 19.1 Å². The molecule has 0 heterocycles. The van der Waals surface area contributed by atoms with Crippen LogP contribution in [-0.2, 0) is 40.1 Å². The number of fused-ring (bicyclic) bond motifs is 1. The maximum atomic E-state index is 12.9. The summed E-state index contributed by atoms with van der Waals surface area (Å²) < 4.78 is 18.1. The molecule has 0 fully saturated rings. The van der Waals surface area contributed by atoms with Gasteiger partial charge in [0, 0.05) is 6.54 Å². The number of hydrogen-bond donors (Lipinski definition) is 1. The van der Waals surface area contributed by atoms with Gasteiger partial charge in [0.05, 0.1) is 6.42 Å². The number of halogens is 1. The number of benzene rings is 2. The number of aryl methyl sites for hydroxylation is 2. The van der Waals surface area contributed by atoms with E-state index in [-0.39, 0.29) is 24.7 Å². The number of nitrogens with one attached hydrogen (secondary N) is 1. The highest BCUT2D eigenvalue weighted by atomic mass is 19.1. The molecule has 0 aliphatic heterocycles. The summed E-state index contributed by atoms with van der Waals surface area (Å²) in [6.45, 7) is 1.80. The van der Waals surface area contributed by atoms with E-state index < -0.39 is 12.1 Å². The van der Waals surface area contributed by atoms with Gasteiger partial charge in [-0.1, -0.05) is 30.3 Å². The van der Waals surface area contributed by atoms with Crippen molar-refractivity contribution in [2.75, 3.05) is 0 Å². The number of carbonyl (C=O) groups excluding carboxylic acids is 2. The number of esters is 1. The molecular formula is C22H24FNO3. The van der Waals surface area contributed by atoms with Gasteiger partial charge in [0.1, 0.15) is 5.82 Å². The Labute approximate surface area is 158 Å². The quantitative estimate of drug-likeness (QED) is 0.793. The van der Waals surface area contributed by atoms with Crippen LogP contribution < -0.4 is 5.32 Å². The van der Waals surface area contributed by atoms with Crippen LogP contribution in [0.5, 0.6) is 0 Å². The molecule has 1 amide bonds. The van der Waals surface area contributed by atoms with Crippen LogP contribution in [0.2, 0.25) is 0 Å². The lowest BCUT2D eigenvalue weighted by atomic mass is 9.90. The van der Waals surface area contributed by atoms with Gasteiger partial charge in [0.15, 0.2) is 6.10 Å². The Morgan fingerprint density at radius 1 is 1.04 bits per heavy atom. The van der Waals surface area contributed by atoms with E-state index in [0.29, 0.717) is 0 Å². The minimum Gasteiger partial charge on any atom is -0.452 e. The first kappa shape index (κ1) is 19.1. The number of amides is 1. The summed E-state index contributed by atoms with van der Waals surface area (Å²) in [6, 6.07) is 12.0. The molecule has 1 aliphatic carbocycles. The summed E-state index contributed by atoms with van der Waals surface area (Å²) in [6.07, 6.45) is 3.84. The lowest BCUT2D eigenvalue weighted by Gasteiger charge is -2.17. The molecule has 5 heteroatoms. The Balaban J connectivity index is 1.48. The molecule has 0 unspecified atom stereocenters. The molecule has 0 aromatic heterocycles. The summed E-state index contributed by atoms with van der Waals surface area (Å²) in [7, 11) is 0. The topological polar surface area (TPSA) is 55.4 Å². The Kier molecular flexibility index (Phi) is 6.22. The van der Waals surface area contributed by atoms with E-state index in [1.807, 2.05) is 6.07 Å². The third kappa shape index (κ3) is 5.39. The molecule has 27 heavy (non-hydrogen) atoms. The molecule has 0 saturated carbocycles. The highest BCUT2D eigenvalue weighted by molar-refractivity contribution is 5.83. The predicted molar refractivity (Wildman–Crippen MR) is 101 cm³/mol. The summed E-state index contributed by atoms with van der Waals surface area (Å²) in [5.41, 5.74) is 4.38. The van der Waals surface area contributed by atoms with Crippen molar-refractivity contribution in [3.63, 3.8) is 0 Å². The number of rotatable bonds is 6. The lowest BCUT2D eigenvalue weighted by molar-refractivity contribution is -0.154. The second-order valence-electron chi connectivity index (χ2n) is 6.96. The van der Waals surface area contributed by atoms with Gasteiger partial charge in [-0.15, -0.1) is 0 Å². The summed E-state index contributed by atoms with van der Waals surface area (Å²) in [5, 5.41) is 2.69. The molecule has 0 spiro atoms. The van der Waals surface area contributed by atoms with Gasteiger partial charge < -0.3 is 10.1 Å². The van der Waals surface area contributed by atoms with Crippen molar-refractivity contribution in [2.45, 2.75) is 51.7 Å². The first-order valence-electron chi connectivity index (χ1n) is 9.33. The Morgan fingerprint density at radius 3 is 2.44 bits per heavy atom. The van der Waals surface area contributed by atoms with Crippen molar-refractivity contribution in [1.82, 2.24) is 5.32 Å². The number of ether oxygens (including phenoxy) is 1. The highest BCUT2D eigenvalue weighted by Crippen LogP contribution is 2.22. The van der Waals surface area contributed by atoms with Crippen LogP contribution in [0.15, 0.2) is 42.5 Å². The van der Waals surface area contributed by atoms with Crippen LogP contribution in [0.4, 0.5) is 4.39 Å². The van der Waals surface area contributed by atoms with Crippen LogP contribution in [-0.4, -0.2) is 18.0 Å². The average molecular weight is 369 g/mol. The second kappa shape index (κ2) is 8.80. The predicted octanol–water partition coefficient (Wildman–Crippen LogP) is 3.50. The highest BCUT2D eigenvalue weighted by Gasteiger charge is 2.18. The van der Waals surface area contributed by atoms with Crippen molar-refractivity contribution < 1.29 is 18.7 Å². The van der Waals surface area contributed by atoms with E-state index in [1.165, 1.54) is 36.1 Å². The fourth-order valence-electron chi connectivity index (χ4n) is 3.29. The largest absolute Gasteiger partial charge is 0.452 e. The zero-order chi connectivity index (χ0) is 19.2. The van der Waals surface area contributed by atoms with Gasteiger partial charge in [-0.05, 0) is 67.0 Å². The minimum atomic E-state index is -0.879. The van der Waals surface area contributed by atoms with Crippen LogP contribution >= 0.6 is 0 Å². The van der Waals surface area contributed by atoms with E-state index in [4.69, 9.17) is 4.74 Å². The van der Waals surface area contributed by atoms with Crippen molar-refractivity contribution in [3.05, 3.63) is 70.5 Å². The maximum absolute atomic E-state index is 12.9. The van der Waals surface area contributed by atoms with Crippen molar-refractivity contribution in [2.24, 2.45) is 0 Å². The molecule has 0 radical (unpaired) electrons. The van der Waals surface area contributed by atoms with E-state index >= 15 is 0 Å². The molecule has 4 nitrogen and oxygen atoms in total. The number of hydrogen-bond acceptors (Lipinski definition) is 3. The van der Waals surface area contributed by atoms with Gasteiger partial charge in [-0.3, -0.25) is 9.59 Å². The normalized spacial score (nSPS) is 14.1. The van der Waals surface area contributed by atoms with Crippen molar-refractivity contribution in [1.29, 1.82) is 0 Å². The van der Waals surface area contributed by atoms with E-state index in [0.717, 1.165) is 24.0 Å². The zero-order valence-corrected chi connectivity index (χ0v) is 15.5.